The molecule has 0 aliphatic heterocycles. The van der Waals surface area contributed by atoms with Crippen molar-refractivity contribution in [2.45, 2.75) is 71.6 Å². The van der Waals surface area contributed by atoms with Crippen molar-refractivity contribution in [3.63, 3.8) is 0 Å². The Morgan fingerprint density at radius 1 is 0.393 bits per heavy atom. The molecule has 0 fully saturated rings. The number of anilines is 3. The highest BCUT2D eigenvalue weighted by Crippen LogP contribution is 2.63. The Hall–Kier alpha value is -5.44. The number of hydrogen-bond donors (Lipinski definition) is 0. The van der Waals surface area contributed by atoms with Crippen LogP contribution in [0.15, 0.2) is 152 Å². The minimum atomic E-state index is -0.0960. The van der Waals surface area contributed by atoms with Gasteiger partial charge in [-0.15, -0.1) is 11.3 Å². The highest BCUT2D eigenvalue weighted by molar-refractivity contribution is 7.25. The van der Waals surface area contributed by atoms with Gasteiger partial charge in [-0.2, -0.15) is 0 Å². The largest absolute Gasteiger partial charge is 0.310 e. The second-order valence-corrected chi connectivity index (χ2v) is 19.3. The van der Waals surface area contributed by atoms with Gasteiger partial charge in [0, 0.05) is 42.5 Å². The molecule has 0 saturated heterocycles. The van der Waals surface area contributed by atoms with Gasteiger partial charge in [0.1, 0.15) is 0 Å². The third-order valence-electron chi connectivity index (χ3n) is 14.6. The summed E-state index contributed by atoms with van der Waals surface area (Å²) in [7, 11) is 0. The summed E-state index contributed by atoms with van der Waals surface area (Å²) in [6.07, 6.45) is 0. The van der Waals surface area contributed by atoms with Crippen molar-refractivity contribution in [3.8, 4) is 33.4 Å². The second-order valence-electron chi connectivity index (χ2n) is 18.2. The first-order chi connectivity index (χ1) is 26.8. The fraction of sp³-hybridized carbons (Fsp3) is 0.222. The Bertz CT molecular complexity index is 2850. The zero-order valence-corrected chi connectivity index (χ0v) is 34.6. The van der Waals surface area contributed by atoms with Crippen LogP contribution in [0.4, 0.5) is 17.1 Å². The molecule has 7 aromatic carbocycles. The fourth-order valence-electron chi connectivity index (χ4n) is 10.1. The van der Waals surface area contributed by atoms with E-state index in [1.807, 2.05) is 11.3 Å². The van der Waals surface area contributed by atoms with Crippen LogP contribution in [0.2, 0.25) is 0 Å². The van der Waals surface area contributed by atoms with Crippen molar-refractivity contribution >= 4 is 48.6 Å². The van der Waals surface area contributed by atoms with Gasteiger partial charge < -0.3 is 4.90 Å². The van der Waals surface area contributed by atoms with Crippen molar-refractivity contribution < 1.29 is 0 Å². The molecule has 1 nitrogen and oxygen atoms in total. The van der Waals surface area contributed by atoms with Gasteiger partial charge in [-0.25, -0.2) is 0 Å². The van der Waals surface area contributed by atoms with E-state index in [0.717, 1.165) is 5.69 Å². The van der Waals surface area contributed by atoms with E-state index in [2.05, 4.69) is 212 Å². The summed E-state index contributed by atoms with van der Waals surface area (Å²) in [4.78, 5) is 2.54. The molecule has 0 spiro atoms. The lowest BCUT2D eigenvalue weighted by molar-refractivity contribution is 0.125. The molecule has 2 aliphatic carbocycles. The number of nitrogens with zero attached hydrogens (tertiary/aromatic N) is 1. The number of rotatable bonds is 5. The third kappa shape index (κ3) is 4.85. The predicted octanol–water partition coefficient (Wildman–Crippen LogP) is 15.8. The van der Waals surface area contributed by atoms with E-state index < -0.39 is 0 Å². The Labute approximate surface area is 336 Å². The minimum Gasteiger partial charge on any atom is -0.310 e. The smallest absolute Gasteiger partial charge is 0.0543 e. The van der Waals surface area contributed by atoms with Crippen molar-refractivity contribution in [1.29, 1.82) is 0 Å². The maximum Gasteiger partial charge on any atom is 0.0543 e. The molecule has 0 radical (unpaired) electrons. The highest BCUT2D eigenvalue weighted by Gasteiger charge is 2.57. The molecule has 1 heterocycles. The zero-order chi connectivity index (χ0) is 38.8. The summed E-state index contributed by atoms with van der Waals surface area (Å²) in [6.45, 7) is 19.6. The molecular weight excluding hydrogens is 695 g/mol. The van der Waals surface area contributed by atoms with Crippen LogP contribution in [0.25, 0.3) is 53.6 Å². The highest BCUT2D eigenvalue weighted by atomic mass is 32.1. The van der Waals surface area contributed by atoms with Crippen LogP contribution in [0.1, 0.15) is 77.6 Å². The van der Waals surface area contributed by atoms with Crippen LogP contribution in [0.5, 0.6) is 0 Å². The molecule has 8 aromatic rings. The summed E-state index contributed by atoms with van der Waals surface area (Å²) in [5, 5.41) is 2.64. The molecule has 0 atom stereocenters. The van der Waals surface area contributed by atoms with Crippen molar-refractivity contribution in [3.05, 3.63) is 174 Å². The standard InChI is InChI=1S/C54H49NS/c1-51(2)44-20-14-12-18-39(44)40-28-24-36(30-45(40)51)43-32-46-47(53(5,6)54(7,8)52(46,3)4)33-48(43)55(37-25-22-35(23-26-37)34-16-10-9-11-17-34)38-27-29-42-41-19-13-15-21-49(41)56-50(42)31-38/h9-33H,1-8H3. The first-order valence-corrected chi connectivity index (χ1v) is 20.9. The maximum absolute atomic E-state index is 2.57. The average Bonchev–Trinajstić information content (AvgIpc) is 3.72. The number of benzene rings is 7. The van der Waals surface area contributed by atoms with E-state index in [4.69, 9.17) is 0 Å². The van der Waals surface area contributed by atoms with Gasteiger partial charge in [0.2, 0.25) is 0 Å². The number of thiophene rings is 1. The molecule has 0 unspecified atom stereocenters. The van der Waals surface area contributed by atoms with Crippen LogP contribution in [0.3, 0.4) is 0 Å². The normalized spacial score (nSPS) is 16.8. The molecule has 2 aliphatic rings. The summed E-state index contributed by atoms with van der Waals surface area (Å²) >= 11 is 1.88. The van der Waals surface area contributed by atoms with Crippen LogP contribution < -0.4 is 4.90 Å². The van der Waals surface area contributed by atoms with E-state index in [1.54, 1.807) is 0 Å². The van der Waals surface area contributed by atoms with Crippen LogP contribution in [-0.4, -0.2) is 0 Å². The van der Waals surface area contributed by atoms with E-state index in [0.29, 0.717) is 0 Å². The SMILES string of the molecule is CC1(C)c2ccccc2-c2ccc(-c3cc4c(cc3N(c3ccc(-c5ccccc5)cc3)c3ccc5c(c3)sc3ccccc35)C(C)(C)C(C)(C)C4(C)C)cc21. The van der Waals surface area contributed by atoms with Crippen molar-refractivity contribution in [1.82, 2.24) is 0 Å². The monoisotopic (exact) mass is 743 g/mol. The molecule has 0 N–H and O–H groups in total. The van der Waals surface area contributed by atoms with E-state index in [1.165, 1.54) is 87.2 Å². The number of hydrogen-bond acceptors (Lipinski definition) is 2. The number of fused-ring (bicyclic) bond motifs is 7. The molecule has 10 rings (SSSR count). The lowest BCUT2D eigenvalue weighted by Crippen LogP contribution is -2.42. The van der Waals surface area contributed by atoms with E-state index in [9.17, 15) is 0 Å². The summed E-state index contributed by atoms with van der Waals surface area (Å²) < 4.78 is 2.63. The topological polar surface area (TPSA) is 3.24 Å². The van der Waals surface area contributed by atoms with E-state index in [-0.39, 0.29) is 21.7 Å². The average molecular weight is 744 g/mol. The van der Waals surface area contributed by atoms with Crippen LogP contribution >= 0.6 is 11.3 Å². The Kier molecular flexibility index (Phi) is 7.52. The molecule has 0 bridgehead atoms. The van der Waals surface area contributed by atoms with Crippen LogP contribution in [0, 0.1) is 5.41 Å². The van der Waals surface area contributed by atoms with Gasteiger partial charge in [-0.3, -0.25) is 0 Å². The lowest BCUT2D eigenvalue weighted by atomic mass is 9.59. The zero-order valence-electron chi connectivity index (χ0n) is 33.8. The Balaban J connectivity index is 1.25. The van der Waals surface area contributed by atoms with Gasteiger partial charge in [-0.05, 0) is 115 Å². The quantitative estimate of drug-likeness (QED) is 0.170. The van der Waals surface area contributed by atoms with Crippen molar-refractivity contribution in [2.75, 3.05) is 4.90 Å². The maximum atomic E-state index is 2.57. The molecule has 276 valence electrons. The third-order valence-corrected chi connectivity index (χ3v) is 15.7. The first kappa shape index (κ1) is 35.0. The molecular formula is C54H49NS. The van der Waals surface area contributed by atoms with E-state index >= 15 is 0 Å². The predicted molar refractivity (Wildman–Crippen MR) is 242 cm³/mol. The van der Waals surface area contributed by atoms with Gasteiger partial charge >= 0.3 is 0 Å². The first-order valence-electron chi connectivity index (χ1n) is 20.1. The minimum absolute atomic E-state index is 0.0257. The van der Waals surface area contributed by atoms with Gasteiger partial charge in [0.25, 0.3) is 0 Å². The Morgan fingerprint density at radius 3 is 1.75 bits per heavy atom. The lowest BCUT2D eigenvalue weighted by Gasteiger charge is -2.44. The fourth-order valence-corrected chi connectivity index (χ4v) is 11.2. The summed E-state index contributed by atoms with van der Waals surface area (Å²) in [5.74, 6) is 0. The molecule has 0 amide bonds. The van der Waals surface area contributed by atoms with Crippen molar-refractivity contribution in [2.24, 2.45) is 5.41 Å². The van der Waals surface area contributed by atoms with Gasteiger partial charge in [-0.1, -0.05) is 159 Å². The van der Waals surface area contributed by atoms with Crippen LogP contribution in [-0.2, 0) is 16.2 Å². The van der Waals surface area contributed by atoms with Gasteiger partial charge in [0.15, 0.2) is 0 Å². The molecule has 1 aromatic heterocycles. The molecule has 2 heteroatoms. The molecule has 56 heavy (non-hydrogen) atoms. The summed E-state index contributed by atoms with van der Waals surface area (Å²) in [6, 6.07) is 57.2. The summed E-state index contributed by atoms with van der Waals surface area (Å²) in [5.41, 5.74) is 16.7. The Morgan fingerprint density at radius 2 is 0.982 bits per heavy atom. The van der Waals surface area contributed by atoms with Gasteiger partial charge in [0.05, 0.1) is 5.69 Å². The second kappa shape index (κ2) is 12.0. The molecule has 0 saturated carbocycles.